The molecule has 1 fully saturated rings. The minimum Gasteiger partial charge on any atom is -0.379 e. The van der Waals surface area contributed by atoms with Gasteiger partial charge in [0, 0.05) is 44.1 Å². The minimum atomic E-state index is -0.289. The lowest BCUT2D eigenvalue weighted by Crippen LogP contribution is -2.43. The molecule has 1 aromatic carbocycles. The van der Waals surface area contributed by atoms with Gasteiger partial charge in [-0.3, -0.25) is 9.69 Å². The van der Waals surface area contributed by atoms with Crippen LogP contribution in [0.3, 0.4) is 0 Å². The lowest BCUT2D eigenvalue weighted by Gasteiger charge is -2.30. The van der Waals surface area contributed by atoms with Gasteiger partial charge in [0.25, 0.3) is 5.91 Å². The molecule has 30 heavy (non-hydrogen) atoms. The van der Waals surface area contributed by atoms with Crippen molar-refractivity contribution in [3.63, 3.8) is 0 Å². The molecule has 0 bridgehead atoms. The maximum absolute atomic E-state index is 13.5. The number of halogens is 1. The molecule has 7 nitrogen and oxygen atoms in total. The molecule has 1 aliphatic rings. The highest BCUT2D eigenvalue weighted by atomic mass is 19.1. The molecule has 1 aliphatic heterocycles. The molecule has 4 rings (SSSR count). The molecule has 1 amide bonds. The van der Waals surface area contributed by atoms with E-state index in [1.165, 1.54) is 12.1 Å². The molecule has 1 saturated heterocycles. The predicted octanol–water partition coefficient (Wildman–Crippen LogP) is 2.46. The first-order valence-electron chi connectivity index (χ1n) is 10.2. The van der Waals surface area contributed by atoms with Crippen LogP contribution in [0.15, 0.2) is 36.5 Å². The average molecular weight is 411 g/mol. The quantitative estimate of drug-likeness (QED) is 0.624. The second-order valence-corrected chi connectivity index (χ2v) is 7.64. The van der Waals surface area contributed by atoms with Gasteiger partial charge in [0.1, 0.15) is 11.4 Å². The van der Waals surface area contributed by atoms with Gasteiger partial charge in [0.15, 0.2) is 5.65 Å². The Morgan fingerprint density at radius 1 is 1.20 bits per heavy atom. The summed E-state index contributed by atoms with van der Waals surface area (Å²) in [6, 6.07) is 8.20. The van der Waals surface area contributed by atoms with E-state index in [4.69, 9.17) is 4.74 Å². The van der Waals surface area contributed by atoms with E-state index in [2.05, 4.69) is 15.0 Å². The van der Waals surface area contributed by atoms with Crippen molar-refractivity contribution >= 4 is 11.6 Å². The Hall–Kier alpha value is -2.84. The van der Waals surface area contributed by atoms with Crippen LogP contribution < -0.4 is 0 Å². The summed E-state index contributed by atoms with van der Waals surface area (Å²) in [6.45, 7) is 8.68. The Morgan fingerprint density at radius 3 is 2.67 bits per heavy atom. The molecule has 3 heterocycles. The Kier molecular flexibility index (Phi) is 6.06. The number of morpholine rings is 1. The molecule has 8 heteroatoms. The number of nitrogens with zero attached hydrogens (tertiary/aromatic N) is 5. The molecule has 0 radical (unpaired) electrons. The number of rotatable bonds is 6. The fraction of sp³-hybridized carbons (Fsp3) is 0.409. The third-order valence-corrected chi connectivity index (χ3v) is 5.37. The molecule has 0 unspecified atom stereocenters. The molecule has 0 aliphatic carbocycles. The first-order chi connectivity index (χ1) is 14.5. The highest BCUT2D eigenvalue weighted by molar-refractivity contribution is 5.99. The number of ether oxygens (including phenoxy) is 1. The largest absolute Gasteiger partial charge is 0.379 e. The summed E-state index contributed by atoms with van der Waals surface area (Å²) < 4.78 is 20.4. The highest BCUT2D eigenvalue weighted by Crippen LogP contribution is 2.17. The van der Waals surface area contributed by atoms with Crippen molar-refractivity contribution in [1.29, 1.82) is 0 Å². The summed E-state index contributed by atoms with van der Waals surface area (Å²) >= 11 is 0. The molecular formula is C22H26FN5O2. The van der Waals surface area contributed by atoms with E-state index in [1.807, 2.05) is 19.9 Å². The van der Waals surface area contributed by atoms with Gasteiger partial charge in [0.05, 0.1) is 19.4 Å². The standard InChI is InChI=1S/C22H26FN5O2/c1-16-13-17(2)28-21(25-16)20(14-24-28)22(29)27(8-7-26-9-11-30-12-10-26)15-18-3-5-19(23)6-4-18/h3-6,13-14H,7-12,15H2,1-2H3. The third kappa shape index (κ3) is 4.49. The molecule has 0 atom stereocenters. The maximum atomic E-state index is 13.5. The van der Waals surface area contributed by atoms with Crippen LogP contribution in [0.5, 0.6) is 0 Å². The van der Waals surface area contributed by atoms with E-state index in [-0.39, 0.29) is 11.7 Å². The predicted molar refractivity (Wildman–Crippen MR) is 111 cm³/mol. The van der Waals surface area contributed by atoms with Crippen LogP contribution in [-0.4, -0.2) is 69.7 Å². The average Bonchev–Trinajstić information content (AvgIpc) is 3.17. The Bertz CT molecular complexity index is 1030. The lowest BCUT2D eigenvalue weighted by molar-refractivity contribution is 0.0320. The van der Waals surface area contributed by atoms with Crippen molar-refractivity contribution in [2.75, 3.05) is 39.4 Å². The summed E-state index contributed by atoms with van der Waals surface area (Å²) in [5.74, 6) is -0.414. The number of carbonyl (C=O) groups excluding carboxylic acids is 1. The number of aromatic nitrogens is 3. The van der Waals surface area contributed by atoms with Gasteiger partial charge in [-0.2, -0.15) is 5.10 Å². The first-order valence-corrected chi connectivity index (χ1v) is 10.2. The number of benzene rings is 1. The highest BCUT2D eigenvalue weighted by Gasteiger charge is 2.23. The zero-order valence-corrected chi connectivity index (χ0v) is 17.3. The Balaban J connectivity index is 1.60. The van der Waals surface area contributed by atoms with Gasteiger partial charge in [-0.1, -0.05) is 12.1 Å². The monoisotopic (exact) mass is 411 g/mol. The second kappa shape index (κ2) is 8.89. The van der Waals surface area contributed by atoms with Gasteiger partial charge in [-0.25, -0.2) is 13.9 Å². The fourth-order valence-electron chi connectivity index (χ4n) is 3.74. The van der Waals surface area contributed by atoms with Crippen LogP contribution >= 0.6 is 0 Å². The third-order valence-electron chi connectivity index (χ3n) is 5.37. The van der Waals surface area contributed by atoms with Gasteiger partial charge in [-0.05, 0) is 37.6 Å². The van der Waals surface area contributed by atoms with Gasteiger partial charge >= 0.3 is 0 Å². The van der Waals surface area contributed by atoms with Gasteiger partial charge < -0.3 is 9.64 Å². The van der Waals surface area contributed by atoms with Crippen LogP contribution in [0, 0.1) is 19.7 Å². The van der Waals surface area contributed by atoms with Crippen LogP contribution in [0.2, 0.25) is 0 Å². The number of hydrogen-bond donors (Lipinski definition) is 0. The molecule has 0 saturated carbocycles. The first kappa shape index (κ1) is 20.4. The van der Waals surface area contributed by atoms with Crippen molar-refractivity contribution < 1.29 is 13.9 Å². The molecular weight excluding hydrogens is 385 g/mol. The normalized spacial score (nSPS) is 14.9. The number of amides is 1. The SMILES string of the molecule is Cc1cc(C)n2ncc(C(=O)N(CCN3CCOCC3)Cc3ccc(F)cc3)c2n1. The maximum Gasteiger partial charge on any atom is 0.259 e. The zero-order valence-electron chi connectivity index (χ0n) is 17.3. The van der Waals surface area contributed by atoms with Crippen molar-refractivity contribution in [2.45, 2.75) is 20.4 Å². The summed E-state index contributed by atoms with van der Waals surface area (Å²) in [6.07, 6.45) is 1.59. The Labute approximate surface area is 175 Å². The number of fused-ring (bicyclic) bond motifs is 1. The zero-order chi connectivity index (χ0) is 21.1. The van der Waals surface area contributed by atoms with E-state index < -0.39 is 0 Å². The number of carbonyl (C=O) groups is 1. The summed E-state index contributed by atoms with van der Waals surface area (Å²) in [5.41, 5.74) is 3.69. The minimum absolute atomic E-state index is 0.125. The summed E-state index contributed by atoms with van der Waals surface area (Å²) in [7, 11) is 0. The van der Waals surface area contributed by atoms with Crippen LogP contribution in [0.4, 0.5) is 4.39 Å². The smallest absolute Gasteiger partial charge is 0.259 e. The molecule has 158 valence electrons. The lowest BCUT2D eigenvalue weighted by atomic mass is 10.2. The number of hydrogen-bond acceptors (Lipinski definition) is 5. The van der Waals surface area contributed by atoms with Crippen LogP contribution in [0.1, 0.15) is 27.3 Å². The topological polar surface area (TPSA) is 63.0 Å². The van der Waals surface area contributed by atoms with Crippen LogP contribution in [-0.2, 0) is 11.3 Å². The Morgan fingerprint density at radius 2 is 1.93 bits per heavy atom. The van der Waals surface area contributed by atoms with Gasteiger partial charge in [0.2, 0.25) is 0 Å². The van der Waals surface area contributed by atoms with E-state index in [0.717, 1.165) is 36.6 Å². The number of aryl methyl sites for hydroxylation is 2. The van der Waals surface area contributed by atoms with Gasteiger partial charge in [-0.15, -0.1) is 0 Å². The van der Waals surface area contributed by atoms with Crippen molar-refractivity contribution in [1.82, 2.24) is 24.4 Å². The van der Waals surface area contributed by atoms with E-state index >= 15 is 0 Å². The van der Waals surface area contributed by atoms with Crippen LogP contribution in [0.25, 0.3) is 5.65 Å². The molecule has 0 spiro atoms. The summed E-state index contributed by atoms with van der Waals surface area (Å²) in [4.78, 5) is 22.1. The summed E-state index contributed by atoms with van der Waals surface area (Å²) in [5, 5.41) is 4.36. The van der Waals surface area contributed by atoms with E-state index in [0.29, 0.717) is 37.5 Å². The van der Waals surface area contributed by atoms with Crippen molar-refractivity contribution in [3.05, 3.63) is 64.9 Å². The fourth-order valence-corrected chi connectivity index (χ4v) is 3.74. The molecule has 2 aromatic heterocycles. The van der Waals surface area contributed by atoms with E-state index in [1.54, 1.807) is 27.7 Å². The van der Waals surface area contributed by atoms with Crippen molar-refractivity contribution in [2.24, 2.45) is 0 Å². The second-order valence-electron chi connectivity index (χ2n) is 7.64. The van der Waals surface area contributed by atoms with E-state index in [9.17, 15) is 9.18 Å². The molecule has 3 aromatic rings. The van der Waals surface area contributed by atoms with Crippen molar-refractivity contribution in [3.8, 4) is 0 Å². The molecule has 0 N–H and O–H groups in total.